The maximum atomic E-state index is 12.0. The third-order valence-corrected chi connectivity index (χ3v) is 3.56. The van der Waals surface area contributed by atoms with E-state index in [1.165, 1.54) is 18.9 Å². The average Bonchev–Trinajstić information content (AvgIpc) is 2.48. The van der Waals surface area contributed by atoms with E-state index in [4.69, 9.17) is 0 Å². The van der Waals surface area contributed by atoms with Crippen LogP contribution in [-0.4, -0.2) is 35.7 Å². The second-order valence-corrected chi connectivity index (χ2v) is 4.76. The summed E-state index contributed by atoms with van der Waals surface area (Å²) in [6, 6.07) is -0.366. The number of likely N-dealkylation sites (tertiary alicyclic amines) is 1. The van der Waals surface area contributed by atoms with Gasteiger partial charge in [-0.05, 0) is 5.92 Å². The lowest BCUT2D eigenvalue weighted by molar-refractivity contribution is -0.138. The highest BCUT2D eigenvalue weighted by molar-refractivity contribution is 6.06. The van der Waals surface area contributed by atoms with Crippen LogP contribution < -0.4 is 5.32 Å². The van der Waals surface area contributed by atoms with Crippen molar-refractivity contribution < 1.29 is 14.4 Å². The van der Waals surface area contributed by atoms with E-state index in [0.29, 0.717) is 0 Å². The molecule has 5 heteroatoms. The Bertz CT molecular complexity index is 416. The fourth-order valence-corrected chi connectivity index (χ4v) is 2.70. The summed E-state index contributed by atoms with van der Waals surface area (Å²) in [5.74, 6) is -1.29. The second kappa shape index (κ2) is 3.98. The number of hydrogen-bond donors (Lipinski definition) is 1. The van der Waals surface area contributed by atoms with Gasteiger partial charge >= 0.3 is 0 Å². The lowest BCUT2D eigenvalue weighted by atomic mass is 9.75. The molecule has 2 aliphatic rings. The fraction of sp³-hybridized carbons (Fsp3) is 0.583. The number of imide groups is 1. The molecule has 2 rings (SSSR count). The van der Waals surface area contributed by atoms with Gasteiger partial charge < -0.3 is 5.32 Å². The standard InChI is InChI=1S/C12H16N2O3/c1-6-4-5-8(13-7(2)15)10-9(6)11(16)14(3)12(10)17/h4-6,8-10H,1-3H3,(H,13,15)/t6-,8+,9-,10+/m0/s1. The van der Waals surface area contributed by atoms with Crippen LogP contribution >= 0.6 is 0 Å². The third kappa shape index (κ3) is 1.75. The number of carbonyl (C=O) groups excluding carboxylic acids is 3. The molecular formula is C12H16N2O3. The molecule has 5 nitrogen and oxygen atoms in total. The number of fused-ring (bicyclic) bond motifs is 1. The maximum Gasteiger partial charge on any atom is 0.235 e. The van der Waals surface area contributed by atoms with Crippen LogP contribution in [0.5, 0.6) is 0 Å². The Kier molecular flexibility index (Phi) is 2.77. The predicted molar refractivity (Wildman–Crippen MR) is 60.7 cm³/mol. The molecule has 0 radical (unpaired) electrons. The highest BCUT2D eigenvalue weighted by Gasteiger charge is 2.52. The summed E-state index contributed by atoms with van der Waals surface area (Å²) in [6.45, 7) is 3.33. The summed E-state index contributed by atoms with van der Waals surface area (Å²) in [7, 11) is 1.50. The average molecular weight is 236 g/mol. The normalized spacial score (nSPS) is 36.1. The Morgan fingerprint density at radius 2 is 1.82 bits per heavy atom. The molecule has 1 aliphatic heterocycles. The lowest BCUT2D eigenvalue weighted by Gasteiger charge is -2.30. The molecule has 0 spiro atoms. The van der Waals surface area contributed by atoms with Crippen LogP contribution in [0.4, 0.5) is 0 Å². The molecule has 0 saturated carbocycles. The molecule has 0 bridgehead atoms. The summed E-state index contributed by atoms with van der Waals surface area (Å²) in [5, 5.41) is 2.72. The van der Waals surface area contributed by atoms with Gasteiger partial charge in [0.15, 0.2) is 0 Å². The minimum absolute atomic E-state index is 0.0337. The van der Waals surface area contributed by atoms with Gasteiger partial charge in [-0.15, -0.1) is 0 Å². The van der Waals surface area contributed by atoms with E-state index in [-0.39, 0.29) is 35.6 Å². The summed E-state index contributed by atoms with van der Waals surface area (Å²) in [6.07, 6.45) is 3.71. The van der Waals surface area contributed by atoms with E-state index in [1.807, 2.05) is 19.1 Å². The van der Waals surface area contributed by atoms with E-state index >= 15 is 0 Å². The van der Waals surface area contributed by atoms with Crippen molar-refractivity contribution in [3.05, 3.63) is 12.2 Å². The lowest BCUT2D eigenvalue weighted by Crippen LogP contribution is -2.46. The van der Waals surface area contributed by atoms with Gasteiger partial charge in [0.05, 0.1) is 17.9 Å². The van der Waals surface area contributed by atoms with Crippen LogP contribution in [0.15, 0.2) is 12.2 Å². The Morgan fingerprint density at radius 3 is 2.41 bits per heavy atom. The Labute approximate surface area is 99.8 Å². The van der Waals surface area contributed by atoms with Crippen molar-refractivity contribution in [3.63, 3.8) is 0 Å². The maximum absolute atomic E-state index is 12.0. The number of rotatable bonds is 1. The molecule has 1 N–H and O–H groups in total. The molecular weight excluding hydrogens is 220 g/mol. The number of hydrogen-bond acceptors (Lipinski definition) is 3. The molecule has 3 amide bonds. The first-order valence-electron chi connectivity index (χ1n) is 5.70. The molecule has 1 fully saturated rings. The van der Waals surface area contributed by atoms with Gasteiger partial charge in [-0.2, -0.15) is 0 Å². The van der Waals surface area contributed by atoms with E-state index in [9.17, 15) is 14.4 Å². The minimum atomic E-state index is -0.448. The van der Waals surface area contributed by atoms with Gasteiger partial charge in [0.25, 0.3) is 0 Å². The highest BCUT2D eigenvalue weighted by atomic mass is 16.2. The SMILES string of the molecule is CC(=O)N[C@@H]1C=C[C@H](C)[C@@H]2C(=O)N(C)C(=O)[C@@H]21. The van der Waals surface area contributed by atoms with Gasteiger partial charge in [-0.25, -0.2) is 0 Å². The van der Waals surface area contributed by atoms with Crippen molar-refractivity contribution in [2.24, 2.45) is 17.8 Å². The molecule has 1 heterocycles. The van der Waals surface area contributed by atoms with Crippen molar-refractivity contribution in [2.45, 2.75) is 19.9 Å². The number of carbonyl (C=O) groups is 3. The van der Waals surface area contributed by atoms with Gasteiger partial charge in [-0.1, -0.05) is 19.1 Å². The number of nitrogens with one attached hydrogen (secondary N) is 1. The molecule has 0 aromatic rings. The molecule has 0 unspecified atom stereocenters. The summed E-state index contributed by atoms with van der Waals surface area (Å²) in [4.78, 5) is 36.2. The largest absolute Gasteiger partial charge is 0.349 e. The summed E-state index contributed by atoms with van der Waals surface area (Å²) < 4.78 is 0. The number of allylic oxidation sites excluding steroid dienone is 1. The van der Waals surface area contributed by atoms with Crippen LogP contribution in [0.1, 0.15) is 13.8 Å². The van der Waals surface area contributed by atoms with Gasteiger partial charge in [0.2, 0.25) is 17.7 Å². The number of amides is 3. The zero-order valence-corrected chi connectivity index (χ0v) is 10.1. The first-order valence-corrected chi connectivity index (χ1v) is 5.70. The molecule has 17 heavy (non-hydrogen) atoms. The summed E-state index contributed by atoms with van der Waals surface area (Å²) >= 11 is 0. The van der Waals surface area contributed by atoms with Crippen LogP contribution in [-0.2, 0) is 14.4 Å². The molecule has 1 aliphatic carbocycles. The fourth-order valence-electron chi connectivity index (χ4n) is 2.70. The zero-order valence-electron chi connectivity index (χ0n) is 10.1. The molecule has 1 saturated heterocycles. The van der Waals surface area contributed by atoms with E-state index in [2.05, 4.69) is 5.32 Å². The van der Waals surface area contributed by atoms with Crippen molar-refractivity contribution in [3.8, 4) is 0 Å². The van der Waals surface area contributed by atoms with Crippen LogP contribution in [0.3, 0.4) is 0 Å². The third-order valence-electron chi connectivity index (χ3n) is 3.56. The second-order valence-electron chi connectivity index (χ2n) is 4.76. The first-order chi connectivity index (χ1) is 7.93. The Morgan fingerprint density at radius 1 is 1.24 bits per heavy atom. The van der Waals surface area contributed by atoms with Crippen molar-refractivity contribution >= 4 is 17.7 Å². The quantitative estimate of drug-likeness (QED) is 0.512. The van der Waals surface area contributed by atoms with Crippen LogP contribution in [0.25, 0.3) is 0 Å². The molecule has 92 valence electrons. The Balaban J connectivity index is 2.34. The summed E-state index contributed by atoms with van der Waals surface area (Å²) in [5.41, 5.74) is 0. The van der Waals surface area contributed by atoms with Gasteiger partial charge in [-0.3, -0.25) is 19.3 Å². The Hall–Kier alpha value is -1.65. The first kappa shape index (κ1) is 11.8. The zero-order chi connectivity index (χ0) is 12.7. The van der Waals surface area contributed by atoms with E-state index in [1.54, 1.807) is 0 Å². The van der Waals surface area contributed by atoms with Crippen molar-refractivity contribution in [2.75, 3.05) is 7.05 Å². The van der Waals surface area contributed by atoms with Crippen LogP contribution in [0.2, 0.25) is 0 Å². The van der Waals surface area contributed by atoms with E-state index < -0.39 is 5.92 Å². The topological polar surface area (TPSA) is 66.5 Å². The van der Waals surface area contributed by atoms with Crippen LogP contribution in [0, 0.1) is 17.8 Å². The van der Waals surface area contributed by atoms with Gasteiger partial charge in [0.1, 0.15) is 0 Å². The van der Waals surface area contributed by atoms with E-state index in [0.717, 1.165) is 0 Å². The predicted octanol–water partition coefficient (Wildman–Crippen LogP) is -0.0720. The highest BCUT2D eigenvalue weighted by Crippen LogP contribution is 2.37. The van der Waals surface area contributed by atoms with Crippen molar-refractivity contribution in [1.29, 1.82) is 0 Å². The van der Waals surface area contributed by atoms with Crippen molar-refractivity contribution in [1.82, 2.24) is 10.2 Å². The molecule has 4 atom stereocenters. The molecule has 0 aromatic carbocycles. The number of nitrogens with zero attached hydrogens (tertiary/aromatic N) is 1. The van der Waals surface area contributed by atoms with Gasteiger partial charge in [0, 0.05) is 14.0 Å². The monoisotopic (exact) mass is 236 g/mol. The molecule has 0 aromatic heterocycles. The smallest absolute Gasteiger partial charge is 0.235 e. The minimum Gasteiger partial charge on any atom is -0.349 e.